The number of anilines is 1. The summed E-state index contributed by atoms with van der Waals surface area (Å²) >= 11 is 0. The number of carbonyl (C=O) groups is 1. The van der Waals surface area contributed by atoms with Gasteiger partial charge in [-0.1, -0.05) is 0 Å². The molecular weight excluding hydrogens is 254 g/mol. The van der Waals surface area contributed by atoms with Gasteiger partial charge >= 0.3 is 0 Å². The van der Waals surface area contributed by atoms with Crippen molar-refractivity contribution in [1.82, 2.24) is 20.4 Å². The molecule has 0 spiro atoms. The highest BCUT2D eigenvalue weighted by Crippen LogP contribution is 2.25. The highest BCUT2D eigenvalue weighted by molar-refractivity contribution is 5.94. The Balaban J connectivity index is 1.65. The number of rotatable bonds is 3. The van der Waals surface area contributed by atoms with E-state index in [9.17, 15) is 4.79 Å². The Morgan fingerprint density at radius 2 is 2.20 bits per heavy atom. The molecule has 2 fully saturated rings. The summed E-state index contributed by atoms with van der Waals surface area (Å²) in [6, 6.07) is 0.568. The number of aromatic nitrogens is 2. The van der Waals surface area contributed by atoms with Crippen molar-refractivity contribution in [2.45, 2.75) is 44.7 Å². The van der Waals surface area contributed by atoms with Gasteiger partial charge in [-0.15, -0.1) is 0 Å². The van der Waals surface area contributed by atoms with Crippen LogP contribution in [0.4, 0.5) is 5.82 Å². The second-order valence-corrected chi connectivity index (χ2v) is 5.79. The summed E-state index contributed by atoms with van der Waals surface area (Å²) in [5, 5.41) is 13.2. The summed E-state index contributed by atoms with van der Waals surface area (Å²) in [4.78, 5) is 14.9. The first-order valence-corrected chi connectivity index (χ1v) is 7.53. The molecule has 6 heteroatoms. The highest BCUT2D eigenvalue weighted by Gasteiger charge is 2.35. The van der Waals surface area contributed by atoms with Crippen molar-refractivity contribution < 1.29 is 4.79 Å². The van der Waals surface area contributed by atoms with E-state index < -0.39 is 0 Å². The number of nitrogens with one attached hydrogen (secondary N) is 3. The van der Waals surface area contributed by atoms with Crippen LogP contribution in [0.1, 0.15) is 31.2 Å². The first kappa shape index (κ1) is 13.6. The van der Waals surface area contributed by atoms with E-state index in [-0.39, 0.29) is 11.9 Å². The summed E-state index contributed by atoms with van der Waals surface area (Å²) in [6.45, 7) is 5.12. The van der Waals surface area contributed by atoms with Gasteiger partial charge in [-0.3, -0.25) is 14.8 Å². The van der Waals surface area contributed by atoms with Crippen molar-refractivity contribution in [3.63, 3.8) is 0 Å². The molecule has 1 unspecified atom stereocenters. The molecule has 3 heterocycles. The van der Waals surface area contributed by atoms with Crippen molar-refractivity contribution in [1.29, 1.82) is 0 Å². The van der Waals surface area contributed by atoms with Crippen molar-refractivity contribution in [2.75, 3.05) is 25.0 Å². The lowest BCUT2D eigenvalue weighted by Crippen LogP contribution is -2.49. The molecule has 0 aliphatic carbocycles. The fraction of sp³-hybridized carbons (Fsp3) is 0.714. The van der Waals surface area contributed by atoms with E-state index in [1.165, 1.54) is 0 Å². The second kappa shape index (κ2) is 5.93. The standard InChI is InChI=1S/C14H23N5O/c1-10-9-16-18-13(10)17-14(20)12-3-2-8-19(12)11-4-6-15-7-5-11/h9,11-12,15H,2-8H2,1H3,(H2,16,17,18,20). The SMILES string of the molecule is Cc1cn[nH]c1NC(=O)C1CCCN1C1CCNCC1. The molecule has 1 aromatic heterocycles. The maximum Gasteiger partial charge on any atom is 0.242 e. The summed E-state index contributed by atoms with van der Waals surface area (Å²) in [5.74, 6) is 0.834. The molecule has 6 nitrogen and oxygen atoms in total. The molecule has 0 saturated carbocycles. The fourth-order valence-corrected chi connectivity index (χ4v) is 3.33. The van der Waals surface area contributed by atoms with Gasteiger partial charge in [0.25, 0.3) is 0 Å². The Kier molecular flexibility index (Phi) is 4.03. The number of hydrogen-bond donors (Lipinski definition) is 3. The number of likely N-dealkylation sites (tertiary alicyclic amines) is 1. The van der Waals surface area contributed by atoms with Crippen LogP contribution in [0.3, 0.4) is 0 Å². The second-order valence-electron chi connectivity index (χ2n) is 5.79. The number of carbonyl (C=O) groups excluding carboxylic acids is 1. The number of hydrogen-bond acceptors (Lipinski definition) is 4. The van der Waals surface area contributed by atoms with Crippen molar-refractivity contribution >= 4 is 11.7 Å². The lowest BCUT2D eigenvalue weighted by Gasteiger charge is -2.35. The van der Waals surface area contributed by atoms with E-state index in [0.717, 1.165) is 56.7 Å². The van der Waals surface area contributed by atoms with Crippen LogP contribution in [0.25, 0.3) is 0 Å². The number of aryl methyl sites for hydroxylation is 1. The topological polar surface area (TPSA) is 73.0 Å². The van der Waals surface area contributed by atoms with Crippen LogP contribution >= 0.6 is 0 Å². The number of aromatic amines is 1. The minimum absolute atomic E-state index is 0.0146. The van der Waals surface area contributed by atoms with Gasteiger partial charge in [-0.2, -0.15) is 5.10 Å². The van der Waals surface area contributed by atoms with E-state index in [1.54, 1.807) is 6.20 Å². The third-order valence-corrected chi connectivity index (χ3v) is 4.45. The zero-order valence-electron chi connectivity index (χ0n) is 12.0. The zero-order chi connectivity index (χ0) is 13.9. The lowest BCUT2D eigenvalue weighted by atomic mass is 10.0. The van der Waals surface area contributed by atoms with Crippen molar-refractivity contribution in [3.05, 3.63) is 11.8 Å². The first-order chi connectivity index (χ1) is 9.75. The third kappa shape index (κ3) is 2.71. The van der Waals surface area contributed by atoms with Crippen molar-refractivity contribution in [3.8, 4) is 0 Å². The summed E-state index contributed by atoms with van der Waals surface area (Å²) < 4.78 is 0. The molecule has 1 atom stereocenters. The largest absolute Gasteiger partial charge is 0.317 e. The van der Waals surface area contributed by atoms with E-state index in [0.29, 0.717) is 6.04 Å². The van der Waals surface area contributed by atoms with Gasteiger partial charge in [-0.25, -0.2) is 0 Å². The predicted octanol–water partition coefficient (Wildman–Crippen LogP) is 0.873. The normalized spacial score (nSPS) is 24.9. The smallest absolute Gasteiger partial charge is 0.242 e. The Morgan fingerprint density at radius 3 is 2.90 bits per heavy atom. The highest BCUT2D eigenvalue weighted by atomic mass is 16.2. The van der Waals surface area contributed by atoms with Crippen molar-refractivity contribution in [2.24, 2.45) is 0 Å². The van der Waals surface area contributed by atoms with E-state index in [1.807, 2.05) is 6.92 Å². The van der Waals surface area contributed by atoms with E-state index >= 15 is 0 Å². The molecule has 1 aromatic rings. The van der Waals surface area contributed by atoms with Crippen LogP contribution in [0.2, 0.25) is 0 Å². The number of H-pyrrole nitrogens is 1. The molecule has 20 heavy (non-hydrogen) atoms. The molecule has 110 valence electrons. The minimum Gasteiger partial charge on any atom is -0.317 e. The Bertz CT molecular complexity index is 466. The maximum atomic E-state index is 12.5. The van der Waals surface area contributed by atoms with Crippen LogP contribution in [-0.4, -0.2) is 52.7 Å². The molecule has 1 amide bonds. The molecule has 2 saturated heterocycles. The van der Waals surface area contributed by atoms with Crippen LogP contribution in [0.5, 0.6) is 0 Å². The van der Waals surface area contributed by atoms with Crippen LogP contribution < -0.4 is 10.6 Å². The van der Waals surface area contributed by atoms with Gasteiger partial charge in [0.15, 0.2) is 0 Å². The monoisotopic (exact) mass is 277 g/mol. The molecule has 3 rings (SSSR count). The Labute approximate surface area is 119 Å². The minimum atomic E-state index is 0.0146. The summed E-state index contributed by atoms with van der Waals surface area (Å²) in [7, 11) is 0. The van der Waals surface area contributed by atoms with Gasteiger partial charge in [0.2, 0.25) is 5.91 Å². The van der Waals surface area contributed by atoms with Gasteiger partial charge in [0.05, 0.1) is 12.2 Å². The number of piperidine rings is 1. The van der Waals surface area contributed by atoms with E-state index in [4.69, 9.17) is 0 Å². The van der Waals surface area contributed by atoms with Crippen LogP contribution in [-0.2, 0) is 4.79 Å². The van der Waals surface area contributed by atoms with Gasteiger partial charge in [-0.05, 0) is 52.2 Å². The van der Waals surface area contributed by atoms with Crippen LogP contribution in [0, 0.1) is 6.92 Å². The molecule has 0 radical (unpaired) electrons. The number of amides is 1. The quantitative estimate of drug-likeness (QED) is 0.766. The third-order valence-electron chi connectivity index (χ3n) is 4.45. The number of nitrogens with zero attached hydrogens (tertiary/aromatic N) is 2. The fourth-order valence-electron chi connectivity index (χ4n) is 3.33. The predicted molar refractivity (Wildman–Crippen MR) is 77.6 cm³/mol. The molecular formula is C14H23N5O. The molecule has 2 aliphatic heterocycles. The van der Waals surface area contributed by atoms with Crippen LogP contribution in [0.15, 0.2) is 6.20 Å². The molecule has 3 N–H and O–H groups in total. The lowest BCUT2D eigenvalue weighted by molar-refractivity contribution is -0.121. The molecule has 2 aliphatic rings. The summed E-state index contributed by atoms with van der Waals surface area (Å²) in [5.41, 5.74) is 0.977. The molecule has 0 aromatic carbocycles. The zero-order valence-corrected chi connectivity index (χ0v) is 12.0. The maximum absolute atomic E-state index is 12.5. The Morgan fingerprint density at radius 1 is 1.40 bits per heavy atom. The average molecular weight is 277 g/mol. The van der Waals surface area contributed by atoms with Gasteiger partial charge < -0.3 is 10.6 Å². The Hall–Kier alpha value is -1.40. The van der Waals surface area contributed by atoms with Gasteiger partial charge in [0, 0.05) is 11.6 Å². The average Bonchev–Trinajstić information content (AvgIpc) is 3.09. The first-order valence-electron chi connectivity index (χ1n) is 7.53. The molecule has 0 bridgehead atoms. The van der Waals surface area contributed by atoms with E-state index in [2.05, 4.69) is 25.7 Å². The van der Waals surface area contributed by atoms with Gasteiger partial charge in [0.1, 0.15) is 5.82 Å². The summed E-state index contributed by atoms with van der Waals surface area (Å²) in [6.07, 6.45) is 6.10.